The molecule has 0 spiro atoms. The van der Waals surface area contributed by atoms with Crippen molar-refractivity contribution in [2.24, 2.45) is 5.73 Å². The van der Waals surface area contributed by atoms with Crippen molar-refractivity contribution < 1.29 is 0 Å². The van der Waals surface area contributed by atoms with Crippen molar-refractivity contribution in [1.29, 1.82) is 0 Å². The lowest BCUT2D eigenvalue weighted by molar-refractivity contribution is 0.684. The SMILES string of the molecule is CCSc1cccc(N(C)C(C)Cc2cccs2)c1CN. The highest BCUT2D eigenvalue weighted by atomic mass is 32.2. The van der Waals surface area contributed by atoms with Crippen LogP contribution in [-0.4, -0.2) is 18.8 Å². The van der Waals surface area contributed by atoms with Crippen LogP contribution in [0.1, 0.15) is 24.3 Å². The van der Waals surface area contributed by atoms with Crippen molar-refractivity contribution in [2.45, 2.75) is 37.8 Å². The van der Waals surface area contributed by atoms with Crippen molar-refractivity contribution in [1.82, 2.24) is 0 Å². The van der Waals surface area contributed by atoms with E-state index in [-0.39, 0.29) is 0 Å². The van der Waals surface area contributed by atoms with Crippen LogP contribution in [0.25, 0.3) is 0 Å². The zero-order valence-corrected chi connectivity index (χ0v) is 14.6. The van der Waals surface area contributed by atoms with Gasteiger partial charge in [-0.2, -0.15) is 0 Å². The lowest BCUT2D eigenvalue weighted by Gasteiger charge is -2.29. The Hall–Kier alpha value is -0.970. The van der Waals surface area contributed by atoms with Crippen molar-refractivity contribution >= 4 is 28.8 Å². The lowest BCUT2D eigenvalue weighted by Crippen LogP contribution is -2.31. The van der Waals surface area contributed by atoms with Crippen molar-refractivity contribution in [3.8, 4) is 0 Å². The first-order valence-corrected chi connectivity index (χ1v) is 9.23. The van der Waals surface area contributed by atoms with E-state index in [2.05, 4.69) is 61.5 Å². The minimum Gasteiger partial charge on any atom is -0.371 e. The molecule has 0 aliphatic heterocycles. The predicted octanol–water partition coefficient (Wildman–Crippen LogP) is 4.39. The average molecular weight is 321 g/mol. The third-order valence-corrected chi connectivity index (χ3v) is 5.61. The van der Waals surface area contributed by atoms with E-state index in [9.17, 15) is 0 Å². The quantitative estimate of drug-likeness (QED) is 0.767. The highest BCUT2D eigenvalue weighted by Crippen LogP contribution is 2.31. The highest BCUT2D eigenvalue weighted by molar-refractivity contribution is 7.99. The molecule has 0 saturated carbocycles. The summed E-state index contributed by atoms with van der Waals surface area (Å²) in [7, 11) is 2.17. The molecule has 0 fully saturated rings. The molecule has 0 saturated heterocycles. The Balaban J connectivity index is 2.21. The van der Waals surface area contributed by atoms with Gasteiger partial charge < -0.3 is 10.6 Å². The number of benzene rings is 1. The third-order valence-electron chi connectivity index (χ3n) is 3.73. The van der Waals surface area contributed by atoms with Gasteiger partial charge in [-0.25, -0.2) is 0 Å². The molecule has 114 valence electrons. The van der Waals surface area contributed by atoms with Gasteiger partial charge in [0.25, 0.3) is 0 Å². The predicted molar refractivity (Wildman–Crippen MR) is 96.6 cm³/mol. The normalized spacial score (nSPS) is 12.4. The summed E-state index contributed by atoms with van der Waals surface area (Å²) in [5, 5.41) is 2.14. The van der Waals surface area contributed by atoms with Gasteiger partial charge in [-0.15, -0.1) is 23.1 Å². The van der Waals surface area contributed by atoms with E-state index >= 15 is 0 Å². The van der Waals surface area contributed by atoms with Gasteiger partial charge in [-0.1, -0.05) is 19.1 Å². The van der Waals surface area contributed by atoms with Crippen LogP contribution in [0.2, 0.25) is 0 Å². The number of nitrogens with zero attached hydrogens (tertiary/aromatic N) is 1. The van der Waals surface area contributed by atoms with Crippen molar-refractivity contribution in [3.05, 3.63) is 46.2 Å². The molecule has 0 amide bonds. The molecular formula is C17H24N2S2. The molecule has 1 atom stereocenters. The Morgan fingerprint density at radius 3 is 2.71 bits per heavy atom. The Morgan fingerprint density at radius 2 is 2.10 bits per heavy atom. The summed E-state index contributed by atoms with van der Waals surface area (Å²) >= 11 is 3.70. The molecule has 2 N–H and O–H groups in total. The van der Waals surface area contributed by atoms with Crippen LogP contribution < -0.4 is 10.6 Å². The molecule has 1 aromatic carbocycles. The maximum absolute atomic E-state index is 6.02. The first-order valence-electron chi connectivity index (χ1n) is 7.37. The molecule has 0 aliphatic rings. The smallest absolute Gasteiger partial charge is 0.0422 e. The van der Waals surface area contributed by atoms with Gasteiger partial charge in [0.2, 0.25) is 0 Å². The molecule has 0 bridgehead atoms. The lowest BCUT2D eigenvalue weighted by atomic mass is 10.1. The highest BCUT2D eigenvalue weighted by Gasteiger charge is 2.16. The monoisotopic (exact) mass is 320 g/mol. The molecule has 4 heteroatoms. The molecule has 1 heterocycles. The van der Waals surface area contributed by atoms with Crippen molar-refractivity contribution in [2.75, 3.05) is 17.7 Å². The first kappa shape index (κ1) is 16.4. The molecule has 1 unspecified atom stereocenters. The molecule has 1 aromatic heterocycles. The summed E-state index contributed by atoms with van der Waals surface area (Å²) < 4.78 is 0. The fourth-order valence-corrected chi connectivity index (χ4v) is 4.15. The van der Waals surface area contributed by atoms with Crippen LogP contribution in [0.4, 0.5) is 5.69 Å². The number of rotatable bonds is 7. The summed E-state index contributed by atoms with van der Waals surface area (Å²) in [6.45, 7) is 5.05. The minimum absolute atomic E-state index is 0.454. The number of likely N-dealkylation sites (N-methyl/N-ethyl adjacent to an activating group) is 1. The molecule has 21 heavy (non-hydrogen) atoms. The van der Waals surface area contributed by atoms with Gasteiger partial charge in [0, 0.05) is 47.1 Å². The number of anilines is 1. The Labute approximate surface area is 136 Å². The standard InChI is InChI=1S/C17H24N2S2/c1-4-20-17-9-5-8-16(15(17)12-18)19(3)13(2)11-14-7-6-10-21-14/h5-10,13H,4,11-12,18H2,1-3H3. The van der Waals surface area contributed by atoms with Gasteiger partial charge in [0.05, 0.1) is 0 Å². The van der Waals surface area contributed by atoms with Crippen LogP contribution in [0.15, 0.2) is 40.6 Å². The molecular weight excluding hydrogens is 296 g/mol. The van der Waals surface area contributed by atoms with Crippen molar-refractivity contribution in [3.63, 3.8) is 0 Å². The second kappa shape index (κ2) is 7.87. The maximum atomic E-state index is 6.02. The van der Waals surface area contributed by atoms with Gasteiger partial charge >= 0.3 is 0 Å². The van der Waals surface area contributed by atoms with Crippen LogP contribution in [-0.2, 0) is 13.0 Å². The molecule has 2 rings (SSSR count). The van der Waals surface area contributed by atoms with E-state index in [4.69, 9.17) is 5.73 Å². The zero-order valence-electron chi connectivity index (χ0n) is 13.0. The number of thioether (sulfide) groups is 1. The van der Waals surface area contributed by atoms with E-state index in [1.54, 1.807) is 0 Å². The van der Waals surface area contributed by atoms with Gasteiger partial charge in [0.15, 0.2) is 0 Å². The number of nitrogens with two attached hydrogens (primary N) is 1. The minimum atomic E-state index is 0.454. The van der Waals surface area contributed by atoms with E-state index < -0.39 is 0 Å². The van der Waals surface area contributed by atoms with E-state index in [0.29, 0.717) is 12.6 Å². The molecule has 2 aromatic rings. The van der Waals surface area contributed by atoms with Crippen LogP contribution >= 0.6 is 23.1 Å². The topological polar surface area (TPSA) is 29.3 Å². The largest absolute Gasteiger partial charge is 0.371 e. The number of hydrogen-bond donors (Lipinski definition) is 1. The number of thiophene rings is 1. The van der Waals surface area contributed by atoms with Crippen LogP contribution in [0, 0.1) is 0 Å². The first-order chi connectivity index (χ1) is 10.2. The summed E-state index contributed by atoms with van der Waals surface area (Å²) in [5.41, 5.74) is 8.55. The molecule has 0 aliphatic carbocycles. The summed E-state index contributed by atoms with van der Waals surface area (Å²) in [6.07, 6.45) is 1.07. The molecule has 0 radical (unpaired) electrons. The fourth-order valence-electron chi connectivity index (χ4n) is 2.47. The third kappa shape index (κ3) is 4.02. The van der Waals surface area contributed by atoms with E-state index in [1.807, 2.05) is 23.1 Å². The number of hydrogen-bond acceptors (Lipinski definition) is 4. The van der Waals surface area contributed by atoms with Crippen LogP contribution in [0.3, 0.4) is 0 Å². The van der Waals surface area contributed by atoms with Gasteiger partial charge in [0.1, 0.15) is 0 Å². The second-order valence-electron chi connectivity index (χ2n) is 5.13. The van der Waals surface area contributed by atoms with Gasteiger partial charge in [-0.05, 0) is 36.3 Å². The van der Waals surface area contributed by atoms with Gasteiger partial charge in [-0.3, -0.25) is 0 Å². The fraction of sp³-hybridized carbons (Fsp3) is 0.412. The summed E-state index contributed by atoms with van der Waals surface area (Å²) in [6, 6.07) is 11.3. The van der Waals surface area contributed by atoms with Crippen LogP contribution in [0.5, 0.6) is 0 Å². The Morgan fingerprint density at radius 1 is 1.29 bits per heavy atom. The van der Waals surface area contributed by atoms with E-state index in [0.717, 1.165) is 12.2 Å². The maximum Gasteiger partial charge on any atom is 0.0422 e. The zero-order chi connectivity index (χ0) is 15.2. The summed E-state index contributed by atoms with van der Waals surface area (Å²) in [5.74, 6) is 1.07. The Bertz CT molecular complexity index is 552. The Kier molecular flexibility index (Phi) is 6.15. The molecule has 2 nitrogen and oxygen atoms in total. The summed E-state index contributed by atoms with van der Waals surface area (Å²) in [4.78, 5) is 5.11. The second-order valence-corrected chi connectivity index (χ2v) is 7.47. The van der Waals surface area contributed by atoms with E-state index in [1.165, 1.54) is 21.0 Å². The average Bonchev–Trinajstić information content (AvgIpc) is 2.99.